The van der Waals surface area contributed by atoms with E-state index in [9.17, 15) is 0 Å². The summed E-state index contributed by atoms with van der Waals surface area (Å²) in [7, 11) is 0. The van der Waals surface area contributed by atoms with Gasteiger partial charge in [0.2, 0.25) is 0 Å². The molecule has 0 fully saturated rings. The van der Waals surface area contributed by atoms with E-state index in [1.54, 1.807) is 0 Å². The summed E-state index contributed by atoms with van der Waals surface area (Å²) in [5.74, 6) is 0. The van der Waals surface area contributed by atoms with Gasteiger partial charge >= 0.3 is 0 Å². The van der Waals surface area contributed by atoms with Gasteiger partial charge in [-0.25, -0.2) is 0 Å². The lowest BCUT2D eigenvalue weighted by Crippen LogP contribution is -2.10. The fraction of sp³-hybridized carbons (Fsp3) is 0. The molecule has 2 nitrogen and oxygen atoms in total. The Bertz CT molecular complexity index is 3150. The highest BCUT2D eigenvalue weighted by Crippen LogP contribution is 2.48. The zero-order valence-electron chi connectivity index (χ0n) is 29.9. The maximum atomic E-state index is 2.46. The van der Waals surface area contributed by atoms with E-state index >= 15 is 0 Å². The fourth-order valence-corrected chi connectivity index (χ4v) is 9.68. The van der Waals surface area contributed by atoms with E-state index in [4.69, 9.17) is 0 Å². The lowest BCUT2D eigenvalue weighted by atomic mass is 10.00. The van der Waals surface area contributed by atoms with Crippen LogP contribution in [0.3, 0.4) is 0 Å². The summed E-state index contributed by atoms with van der Waals surface area (Å²) in [5, 5.41) is 7.62. The molecule has 11 aromatic rings. The van der Waals surface area contributed by atoms with Gasteiger partial charge in [-0.1, -0.05) is 146 Å². The summed E-state index contributed by atoms with van der Waals surface area (Å²) >= 11 is 1.89. The molecule has 0 aliphatic heterocycles. The summed E-state index contributed by atoms with van der Waals surface area (Å²) < 4.78 is 5.01. The van der Waals surface area contributed by atoms with Crippen LogP contribution in [0.2, 0.25) is 0 Å². The third kappa shape index (κ3) is 5.24. The first-order chi connectivity index (χ1) is 27.3. The Morgan fingerprint density at radius 1 is 0.382 bits per heavy atom. The first kappa shape index (κ1) is 31.6. The second-order valence-corrected chi connectivity index (χ2v) is 15.2. The molecule has 2 heterocycles. The van der Waals surface area contributed by atoms with E-state index in [0.29, 0.717) is 0 Å². The molecule has 258 valence electrons. The maximum Gasteiger partial charge on any atom is 0.0561 e. The molecule has 0 atom stereocenters. The van der Waals surface area contributed by atoms with Crippen LogP contribution < -0.4 is 4.90 Å². The lowest BCUT2D eigenvalue weighted by Gasteiger charge is -2.28. The van der Waals surface area contributed by atoms with Crippen LogP contribution in [-0.2, 0) is 0 Å². The normalized spacial score (nSPS) is 11.6. The number of hydrogen-bond donors (Lipinski definition) is 0. The average molecular weight is 719 g/mol. The van der Waals surface area contributed by atoms with Crippen LogP contribution in [0.5, 0.6) is 0 Å². The van der Waals surface area contributed by atoms with Gasteiger partial charge in [0.15, 0.2) is 0 Å². The van der Waals surface area contributed by atoms with Crippen molar-refractivity contribution in [2.75, 3.05) is 4.90 Å². The minimum absolute atomic E-state index is 1.11. The third-order valence-electron chi connectivity index (χ3n) is 10.9. The summed E-state index contributed by atoms with van der Waals surface area (Å²) in [4.78, 5) is 2.46. The maximum absolute atomic E-state index is 2.46. The molecule has 2 aromatic heterocycles. The molecule has 0 N–H and O–H groups in total. The fourth-order valence-electron chi connectivity index (χ4n) is 8.43. The Morgan fingerprint density at radius 2 is 0.964 bits per heavy atom. The van der Waals surface area contributed by atoms with E-state index in [-0.39, 0.29) is 0 Å². The number of nitrogens with zero attached hydrogens (tertiary/aromatic N) is 2. The van der Waals surface area contributed by atoms with E-state index in [2.05, 4.69) is 216 Å². The molecule has 0 amide bonds. The van der Waals surface area contributed by atoms with Gasteiger partial charge in [-0.2, -0.15) is 0 Å². The smallest absolute Gasteiger partial charge is 0.0561 e. The Labute approximate surface area is 323 Å². The molecule has 9 aromatic carbocycles. The molecule has 0 aliphatic rings. The molecular formula is C52H34N2S. The predicted molar refractivity (Wildman–Crippen MR) is 237 cm³/mol. The summed E-state index contributed by atoms with van der Waals surface area (Å²) in [6, 6.07) is 75.1. The standard InChI is InChI=1S/C52H34N2S/c1-2-14-35(15-3-1)36-28-30-40(31-29-36)53(49-34-39-16-4-5-21-43(39)52-51(49)46-24-8-11-27-50(46)55-52)41-19-12-17-37(32-41)38-18-13-20-42(33-38)54-47-25-9-6-22-44(47)45-23-7-10-26-48(45)54/h1-34H. The summed E-state index contributed by atoms with van der Waals surface area (Å²) in [6.07, 6.45) is 0. The van der Waals surface area contributed by atoms with Gasteiger partial charge in [-0.3, -0.25) is 0 Å². The molecule has 55 heavy (non-hydrogen) atoms. The van der Waals surface area contributed by atoms with Crippen LogP contribution in [-0.4, -0.2) is 4.57 Å². The minimum Gasteiger partial charge on any atom is -0.310 e. The van der Waals surface area contributed by atoms with Crippen LogP contribution in [0.15, 0.2) is 206 Å². The van der Waals surface area contributed by atoms with Crippen molar-refractivity contribution < 1.29 is 0 Å². The minimum atomic E-state index is 1.11. The third-order valence-corrected chi connectivity index (χ3v) is 12.1. The molecule has 0 aliphatic carbocycles. The van der Waals surface area contributed by atoms with Gasteiger partial charge in [0.1, 0.15) is 0 Å². The summed E-state index contributed by atoms with van der Waals surface area (Å²) in [6.45, 7) is 0. The topological polar surface area (TPSA) is 8.17 Å². The number of fused-ring (bicyclic) bond motifs is 8. The largest absolute Gasteiger partial charge is 0.310 e. The van der Waals surface area contributed by atoms with Crippen LogP contribution in [0.1, 0.15) is 0 Å². The number of thiophene rings is 1. The van der Waals surface area contributed by atoms with Crippen LogP contribution >= 0.6 is 11.3 Å². The van der Waals surface area contributed by atoms with Crippen LogP contribution in [0, 0.1) is 0 Å². The van der Waals surface area contributed by atoms with E-state index in [0.717, 1.165) is 17.1 Å². The van der Waals surface area contributed by atoms with Crippen LogP contribution in [0.25, 0.3) is 80.7 Å². The average Bonchev–Trinajstić information content (AvgIpc) is 3.82. The van der Waals surface area contributed by atoms with Crippen LogP contribution in [0.4, 0.5) is 17.1 Å². The highest BCUT2D eigenvalue weighted by atomic mass is 32.1. The van der Waals surface area contributed by atoms with Crippen molar-refractivity contribution in [1.29, 1.82) is 0 Å². The first-order valence-electron chi connectivity index (χ1n) is 18.8. The van der Waals surface area contributed by atoms with Gasteiger partial charge in [-0.05, 0) is 93.7 Å². The monoisotopic (exact) mass is 718 g/mol. The number of para-hydroxylation sites is 2. The molecule has 0 saturated heterocycles. The Morgan fingerprint density at radius 3 is 1.73 bits per heavy atom. The van der Waals surface area contributed by atoms with Gasteiger partial charge in [0.05, 0.1) is 16.7 Å². The summed E-state index contributed by atoms with van der Waals surface area (Å²) in [5.41, 5.74) is 11.7. The van der Waals surface area contributed by atoms with Crippen molar-refractivity contribution in [1.82, 2.24) is 4.57 Å². The van der Waals surface area contributed by atoms with Crippen molar-refractivity contribution >= 4 is 81.1 Å². The lowest BCUT2D eigenvalue weighted by molar-refractivity contribution is 1.18. The predicted octanol–water partition coefficient (Wildman–Crippen LogP) is 15.1. The van der Waals surface area contributed by atoms with Gasteiger partial charge < -0.3 is 9.47 Å². The van der Waals surface area contributed by atoms with Gasteiger partial charge in [0, 0.05) is 48.0 Å². The molecule has 0 radical (unpaired) electrons. The van der Waals surface area contributed by atoms with E-state index in [1.165, 1.54) is 80.7 Å². The highest BCUT2D eigenvalue weighted by Gasteiger charge is 2.21. The zero-order chi connectivity index (χ0) is 36.3. The van der Waals surface area contributed by atoms with Crippen molar-refractivity contribution in [2.45, 2.75) is 0 Å². The second-order valence-electron chi connectivity index (χ2n) is 14.1. The van der Waals surface area contributed by atoms with E-state index in [1.807, 2.05) is 11.3 Å². The number of rotatable bonds is 6. The number of hydrogen-bond acceptors (Lipinski definition) is 2. The van der Waals surface area contributed by atoms with Crippen molar-refractivity contribution in [3.63, 3.8) is 0 Å². The SMILES string of the molecule is c1ccc(-c2ccc(N(c3cccc(-c4cccc(-n5c6ccccc6c6ccccc65)c4)c3)c3cc4ccccc4c4sc5ccccc5c34)cc2)cc1. The Kier molecular flexibility index (Phi) is 7.39. The zero-order valence-corrected chi connectivity index (χ0v) is 30.7. The van der Waals surface area contributed by atoms with Crippen molar-refractivity contribution in [2.24, 2.45) is 0 Å². The van der Waals surface area contributed by atoms with Gasteiger partial charge in [0.25, 0.3) is 0 Å². The van der Waals surface area contributed by atoms with Gasteiger partial charge in [-0.15, -0.1) is 11.3 Å². The number of benzene rings is 9. The highest BCUT2D eigenvalue weighted by molar-refractivity contribution is 7.26. The first-order valence-corrected chi connectivity index (χ1v) is 19.6. The number of anilines is 3. The quantitative estimate of drug-likeness (QED) is 0.166. The molecule has 0 unspecified atom stereocenters. The Balaban J connectivity index is 1.12. The molecule has 11 rings (SSSR count). The molecule has 0 bridgehead atoms. The number of aromatic nitrogens is 1. The van der Waals surface area contributed by atoms with Crippen molar-refractivity contribution in [3.05, 3.63) is 206 Å². The van der Waals surface area contributed by atoms with E-state index < -0.39 is 0 Å². The molecule has 0 spiro atoms. The van der Waals surface area contributed by atoms with Crippen molar-refractivity contribution in [3.8, 4) is 27.9 Å². The molecule has 0 saturated carbocycles. The second kappa shape index (κ2) is 12.9. The Hall–Kier alpha value is -6.94. The molecular weight excluding hydrogens is 685 g/mol. The molecule has 3 heteroatoms.